The lowest BCUT2D eigenvalue weighted by Crippen LogP contribution is -2.37. The van der Waals surface area contributed by atoms with Crippen LogP contribution in [0.5, 0.6) is 0 Å². The second-order valence-electron chi connectivity index (χ2n) is 8.89. The Morgan fingerprint density at radius 2 is 1.93 bits per heavy atom. The van der Waals surface area contributed by atoms with Gasteiger partial charge in [-0.05, 0) is 47.5 Å². The highest BCUT2D eigenvalue weighted by Crippen LogP contribution is 2.38. The number of ether oxygens (including phenoxy) is 1. The first-order valence-corrected chi connectivity index (χ1v) is 13.0. The molecule has 206 valence electrons. The summed E-state index contributed by atoms with van der Waals surface area (Å²) in [5.41, 5.74) is 2.52. The lowest BCUT2D eigenvalue weighted by atomic mass is 10.0. The van der Waals surface area contributed by atoms with E-state index in [1.165, 1.54) is 18.3 Å². The first-order valence-electron chi connectivity index (χ1n) is 12.4. The van der Waals surface area contributed by atoms with E-state index in [2.05, 4.69) is 35.8 Å². The molecule has 2 aliphatic rings. The molecule has 1 fully saturated rings. The number of anilines is 4. The Bertz CT molecular complexity index is 1470. The molecular formula is C27H26F3N8OP. The van der Waals surface area contributed by atoms with Gasteiger partial charge in [0.1, 0.15) is 0 Å². The van der Waals surface area contributed by atoms with Crippen molar-refractivity contribution in [2.24, 2.45) is 10.1 Å². The minimum absolute atomic E-state index is 0.139. The lowest BCUT2D eigenvalue weighted by Gasteiger charge is -2.27. The van der Waals surface area contributed by atoms with Gasteiger partial charge in [-0.1, -0.05) is 21.4 Å². The molecule has 0 aliphatic carbocycles. The summed E-state index contributed by atoms with van der Waals surface area (Å²) in [5, 5.41) is 7.24. The number of alkyl halides is 2. The van der Waals surface area contributed by atoms with Gasteiger partial charge in [-0.3, -0.25) is 9.98 Å². The van der Waals surface area contributed by atoms with Crippen LogP contribution in [0.2, 0.25) is 0 Å². The summed E-state index contributed by atoms with van der Waals surface area (Å²) in [7, 11) is 1.58. The molecule has 1 atom stereocenters. The van der Waals surface area contributed by atoms with E-state index < -0.39 is 11.5 Å². The van der Waals surface area contributed by atoms with Crippen LogP contribution in [-0.4, -0.2) is 60.2 Å². The number of hydrogen-bond acceptors (Lipinski definition) is 9. The Kier molecular flexibility index (Phi) is 8.47. The molecule has 2 aromatic heterocycles. The minimum atomic E-state index is -3.10. The van der Waals surface area contributed by atoms with E-state index in [1.807, 2.05) is 12.2 Å². The molecule has 0 radical (unpaired) electrons. The van der Waals surface area contributed by atoms with E-state index in [9.17, 15) is 13.2 Å². The molecule has 13 heteroatoms. The van der Waals surface area contributed by atoms with Crippen molar-refractivity contribution in [3.63, 3.8) is 0 Å². The second-order valence-corrected chi connectivity index (χ2v) is 9.61. The molecule has 0 bridgehead atoms. The molecule has 2 aliphatic heterocycles. The zero-order valence-corrected chi connectivity index (χ0v) is 22.4. The number of pyridine rings is 1. The number of aromatic nitrogens is 3. The quantitative estimate of drug-likeness (QED) is 0.225. The van der Waals surface area contributed by atoms with Crippen molar-refractivity contribution < 1.29 is 17.9 Å². The summed E-state index contributed by atoms with van der Waals surface area (Å²) in [6, 6.07) is 8.14. The summed E-state index contributed by atoms with van der Waals surface area (Å²) in [6.45, 7) is 2.55. The van der Waals surface area contributed by atoms with Crippen LogP contribution in [0.1, 0.15) is 16.8 Å². The van der Waals surface area contributed by atoms with E-state index in [-0.39, 0.29) is 17.3 Å². The summed E-state index contributed by atoms with van der Waals surface area (Å²) in [5.74, 6) is -0.184. The highest BCUT2D eigenvalue weighted by molar-refractivity contribution is 7.17. The molecule has 2 N–H and O–H groups in total. The molecule has 0 saturated carbocycles. The van der Waals surface area contributed by atoms with Crippen LogP contribution < -0.4 is 15.6 Å². The molecular weight excluding hydrogens is 540 g/mol. The van der Waals surface area contributed by atoms with Crippen molar-refractivity contribution in [2.45, 2.75) is 5.66 Å². The van der Waals surface area contributed by atoms with Gasteiger partial charge >= 0.3 is 0 Å². The van der Waals surface area contributed by atoms with Crippen LogP contribution >= 0.6 is 9.24 Å². The fourth-order valence-electron chi connectivity index (χ4n) is 4.05. The van der Waals surface area contributed by atoms with Crippen LogP contribution in [0.3, 0.4) is 0 Å². The van der Waals surface area contributed by atoms with Gasteiger partial charge in [0.25, 0.3) is 5.66 Å². The Labute approximate surface area is 231 Å². The molecule has 40 heavy (non-hydrogen) atoms. The first-order chi connectivity index (χ1) is 19.3. The van der Waals surface area contributed by atoms with Crippen LogP contribution in [0, 0.1) is 5.82 Å². The molecule has 4 heterocycles. The van der Waals surface area contributed by atoms with Gasteiger partial charge in [0.2, 0.25) is 5.95 Å². The van der Waals surface area contributed by atoms with E-state index in [4.69, 9.17) is 4.74 Å². The van der Waals surface area contributed by atoms with Gasteiger partial charge in [-0.25, -0.2) is 14.8 Å². The Morgan fingerprint density at radius 1 is 1.07 bits per heavy atom. The number of hydrazone groups is 1. The summed E-state index contributed by atoms with van der Waals surface area (Å²) < 4.78 is 48.0. The molecule has 1 aromatic carbocycles. The van der Waals surface area contributed by atoms with Gasteiger partial charge in [0.05, 0.1) is 49.7 Å². The number of rotatable bonds is 8. The van der Waals surface area contributed by atoms with E-state index >= 15 is 0 Å². The van der Waals surface area contributed by atoms with Crippen molar-refractivity contribution in [3.8, 4) is 0 Å². The number of aliphatic imine (C=N–C) groups is 1. The largest absolute Gasteiger partial charge is 0.378 e. The standard InChI is InChI=1S/C27H26F3N8OP/c28-24-17-33-26(36-25(24)38-8-10-39-11-9-38)37-34-16-21-3-4-22(15-32-21)35-23-13-19(12-20(14-23)27(29,30)40)18-2-1-6-31-7-5-18/h1-6,12-17,35H,7-11,40H2,(H,33,36,37)/b34-16+. The highest BCUT2D eigenvalue weighted by atomic mass is 31.0. The molecule has 0 spiro atoms. The molecule has 1 saturated heterocycles. The molecule has 0 amide bonds. The number of allylic oxidation sites excluding steroid dienone is 3. The molecule has 3 aromatic rings. The van der Waals surface area contributed by atoms with E-state index in [0.717, 1.165) is 11.8 Å². The predicted molar refractivity (Wildman–Crippen MR) is 154 cm³/mol. The highest BCUT2D eigenvalue weighted by Gasteiger charge is 2.26. The minimum Gasteiger partial charge on any atom is -0.378 e. The monoisotopic (exact) mass is 566 g/mol. The number of morpholine rings is 1. The van der Waals surface area contributed by atoms with Crippen molar-refractivity contribution >= 4 is 50.4 Å². The van der Waals surface area contributed by atoms with Gasteiger partial charge in [0.15, 0.2) is 11.6 Å². The summed E-state index contributed by atoms with van der Waals surface area (Å²) in [6.07, 6.45) is 11.3. The maximum absolute atomic E-state index is 14.2. The molecule has 5 rings (SSSR count). The number of benzene rings is 1. The van der Waals surface area contributed by atoms with Gasteiger partial charge in [-0.2, -0.15) is 18.9 Å². The average Bonchev–Trinajstić information content (AvgIpc) is 3.25. The number of hydrogen-bond donors (Lipinski definition) is 2. The van der Waals surface area contributed by atoms with Crippen molar-refractivity contribution in [2.75, 3.05) is 48.5 Å². The van der Waals surface area contributed by atoms with Crippen LogP contribution in [0.4, 0.5) is 36.3 Å². The van der Waals surface area contributed by atoms with Crippen LogP contribution in [0.15, 0.2) is 71.0 Å². The van der Waals surface area contributed by atoms with Crippen molar-refractivity contribution in [1.29, 1.82) is 0 Å². The van der Waals surface area contributed by atoms with E-state index in [1.54, 1.807) is 50.8 Å². The maximum atomic E-state index is 14.2. The second kappa shape index (κ2) is 12.4. The Morgan fingerprint density at radius 3 is 2.70 bits per heavy atom. The van der Waals surface area contributed by atoms with Gasteiger partial charge in [0, 0.05) is 30.6 Å². The van der Waals surface area contributed by atoms with Crippen molar-refractivity contribution in [3.05, 3.63) is 83.6 Å². The third-order valence-electron chi connectivity index (χ3n) is 6.01. The lowest BCUT2D eigenvalue weighted by molar-refractivity contribution is 0.104. The molecule has 9 nitrogen and oxygen atoms in total. The van der Waals surface area contributed by atoms with Crippen molar-refractivity contribution in [1.82, 2.24) is 15.0 Å². The number of nitrogens with one attached hydrogen (secondary N) is 2. The Hall–Kier alpha value is -4.15. The Balaban J connectivity index is 1.27. The summed E-state index contributed by atoms with van der Waals surface area (Å²) >= 11 is 0. The topological polar surface area (TPSA) is 99.9 Å². The van der Waals surface area contributed by atoms with Gasteiger partial charge in [-0.15, -0.1) is 0 Å². The van der Waals surface area contributed by atoms with Crippen LogP contribution in [0.25, 0.3) is 5.57 Å². The maximum Gasteiger partial charge on any atom is 0.283 e. The third-order valence-corrected chi connectivity index (χ3v) is 6.34. The van der Waals surface area contributed by atoms with Crippen LogP contribution in [-0.2, 0) is 10.4 Å². The number of nitrogens with zero attached hydrogens (tertiary/aromatic N) is 6. The fraction of sp³-hybridized carbons (Fsp3) is 0.222. The third kappa shape index (κ3) is 7.08. The van der Waals surface area contributed by atoms with E-state index in [0.29, 0.717) is 55.5 Å². The zero-order chi connectivity index (χ0) is 28.0. The average molecular weight is 567 g/mol. The summed E-state index contributed by atoms with van der Waals surface area (Å²) in [4.78, 5) is 18.5. The predicted octanol–water partition coefficient (Wildman–Crippen LogP) is 4.99. The fourth-order valence-corrected chi connectivity index (χ4v) is 4.21. The van der Waals surface area contributed by atoms with Gasteiger partial charge < -0.3 is 15.0 Å². The SMILES string of the molecule is Fc1cnc(N/N=C/c2ccc(Nc3cc(C4=CCN=CC=C4)cc(C(F)(F)P)c3)cn2)nc1N1CCOCC1. The smallest absolute Gasteiger partial charge is 0.283 e. The normalized spacial score (nSPS) is 15.7. The zero-order valence-electron chi connectivity index (χ0n) is 21.3. The first kappa shape index (κ1) is 27.4. The molecule has 1 unspecified atom stereocenters. The number of halogens is 3.